The quantitative estimate of drug-likeness (QED) is 0.0783. The van der Waals surface area contributed by atoms with Gasteiger partial charge in [0.05, 0.1) is 6.17 Å². The monoisotopic (exact) mass is 647 g/mol. The SMILES string of the molecule is NC(NC(/N=C/c1c2ccccc2cc2c1ccc1ccccc12)c1cccc(-c2ccc3sc4ccccc4c3c2)c1)c1ccccc1. The summed E-state index contributed by atoms with van der Waals surface area (Å²) in [6.45, 7) is 0. The summed E-state index contributed by atoms with van der Waals surface area (Å²) in [5.74, 6) is 0. The maximum absolute atomic E-state index is 6.81. The molecular weight excluding hydrogens is 615 g/mol. The van der Waals surface area contributed by atoms with Gasteiger partial charge in [-0.1, -0.05) is 133 Å². The smallest absolute Gasteiger partial charge is 0.127 e. The first-order chi connectivity index (χ1) is 24.2. The maximum Gasteiger partial charge on any atom is 0.127 e. The number of hydrogen-bond donors (Lipinski definition) is 2. The van der Waals surface area contributed by atoms with Crippen molar-refractivity contribution < 1.29 is 0 Å². The summed E-state index contributed by atoms with van der Waals surface area (Å²) in [6, 6.07) is 58.2. The Bertz CT molecular complexity index is 2670. The maximum atomic E-state index is 6.81. The van der Waals surface area contributed by atoms with Gasteiger partial charge >= 0.3 is 0 Å². The topological polar surface area (TPSA) is 50.4 Å². The Labute approximate surface area is 289 Å². The van der Waals surface area contributed by atoms with E-state index < -0.39 is 12.3 Å². The van der Waals surface area contributed by atoms with Crippen LogP contribution in [0.2, 0.25) is 0 Å². The molecule has 8 aromatic carbocycles. The summed E-state index contributed by atoms with van der Waals surface area (Å²) >= 11 is 1.84. The lowest BCUT2D eigenvalue weighted by Crippen LogP contribution is -2.31. The van der Waals surface area contributed by atoms with Crippen LogP contribution in [0.25, 0.3) is 63.6 Å². The zero-order valence-corrected chi connectivity index (χ0v) is 27.6. The predicted octanol–water partition coefficient (Wildman–Crippen LogP) is 11.5. The standard InChI is InChI=1S/C45H33N3S/c46-44(30-12-2-1-3-13-30)48-45(34-16-10-15-31(25-34)32-22-24-43-40(26-32)38-19-8-9-20-42(38)49-43)47-28-41-36-18-7-5-14-33(36)27-39-35-17-6-4-11-29(35)21-23-37(39)41/h1-28,44-45,48H,46H2/b47-28+. The molecule has 9 aromatic rings. The van der Waals surface area contributed by atoms with Crippen molar-refractivity contribution in [3.8, 4) is 11.1 Å². The number of nitrogens with two attached hydrogens (primary N) is 1. The highest BCUT2D eigenvalue weighted by Crippen LogP contribution is 2.37. The van der Waals surface area contributed by atoms with Crippen LogP contribution >= 0.6 is 11.3 Å². The molecule has 9 rings (SSSR count). The van der Waals surface area contributed by atoms with Crippen molar-refractivity contribution in [3.63, 3.8) is 0 Å². The molecule has 0 fully saturated rings. The van der Waals surface area contributed by atoms with Crippen molar-refractivity contribution in [1.29, 1.82) is 0 Å². The molecule has 1 aromatic heterocycles. The second-order valence-corrected chi connectivity index (χ2v) is 13.6. The largest absolute Gasteiger partial charge is 0.312 e. The Balaban J connectivity index is 1.17. The van der Waals surface area contributed by atoms with Crippen molar-refractivity contribution in [3.05, 3.63) is 180 Å². The Kier molecular flexibility index (Phi) is 7.47. The van der Waals surface area contributed by atoms with E-state index in [9.17, 15) is 0 Å². The van der Waals surface area contributed by atoms with Crippen LogP contribution in [0, 0.1) is 0 Å². The summed E-state index contributed by atoms with van der Waals surface area (Å²) < 4.78 is 2.61. The van der Waals surface area contributed by atoms with E-state index in [1.807, 2.05) is 35.8 Å². The molecule has 0 bridgehead atoms. The van der Waals surface area contributed by atoms with E-state index in [0.29, 0.717) is 0 Å². The van der Waals surface area contributed by atoms with Crippen molar-refractivity contribution in [2.45, 2.75) is 12.3 Å². The highest BCUT2D eigenvalue weighted by atomic mass is 32.1. The minimum absolute atomic E-state index is 0.393. The number of rotatable bonds is 7. The zero-order chi connectivity index (χ0) is 32.7. The average molecular weight is 648 g/mol. The second kappa shape index (κ2) is 12.4. The number of thiophene rings is 1. The lowest BCUT2D eigenvalue weighted by Gasteiger charge is -2.22. The molecule has 4 heteroatoms. The molecule has 0 radical (unpaired) electrons. The molecule has 2 unspecified atom stereocenters. The first kappa shape index (κ1) is 29.5. The van der Waals surface area contributed by atoms with Crippen molar-refractivity contribution in [2.24, 2.45) is 10.7 Å². The average Bonchev–Trinajstić information content (AvgIpc) is 3.54. The fourth-order valence-electron chi connectivity index (χ4n) is 7.09. The van der Waals surface area contributed by atoms with Crippen LogP contribution in [-0.4, -0.2) is 6.21 Å². The summed E-state index contributed by atoms with van der Waals surface area (Å²) in [4.78, 5) is 5.31. The fourth-order valence-corrected chi connectivity index (χ4v) is 8.18. The third-order valence-corrected chi connectivity index (χ3v) is 10.7. The van der Waals surface area contributed by atoms with E-state index in [0.717, 1.165) is 22.3 Å². The van der Waals surface area contributed by atoms with Gasteiger partial charge in [0.1, 0.15) is 6.17 Å². The second-order valence-electron chi connectivity index (χ2n) is 12.6. The summed E-state index contributed by atoms with van der Waals surface area (Å²) in [6.07, 6.45) is 1.24. The first-order valence-electron chi connectivity index (χ1n) is 16.6. The van der Waals surface area contributed by atoms with Gasteiger partial charge < -0.3 is 5.73 Å². The Morgan fingerprint density at radius 2 is 1.18 bits per heavy atom. The van der Waals surface area contributed by atoms with E-state index in [1.165, 1.54) is 58.1 Å². The van der Waals surface area contributed by atoms with Gasteiger partial charge in [-0.05, 0) is 84.9 Å². The van der Waals surface area contributed by atoms with Crippen molar-refractivity contribution in [1.82, 2.24) is 5.32 Å². The molecule has 0 aliphatic rings. The van der Waals surface area contributed by atoms with Crippen LogP contribution in [-0.2, 0) is 0 Å². The molecular formula is C45H33N3S. The van der Waals surface area contributed by atoms with E-state index in [4.69, 9.17) is 10.7 Å². The minimum atomic E-state index is -0.409. The van der Waals surface area contributed by atoms with Gasteiger partial charge in [0, 0.05) is 32.0 Å². The lowest BCUT2D eigenvalue weighted by molar-refractivity contribution is 0.467. The molecule has 1 heterocycles. The number of fused-ring (bicyclic) bond motifs is 7. The molecule has 0 spiro atoms. The van der Waals surface area contributed by atoms with Crippen LogP contribution in [0.5, 0.6) is 0 Å². The molecule has 0 aliphatic heterocycles. The highest BCUT2D eigenvalue weighted by Gasteiger charge is 2.17. The van der Waals surface area contributed by atoms with Crippen LogP contribution in [0.1, 0.15) is 29.0 Å². The Morgan fingerprint density at radius 3 is 2.06 bits per heavy atom. The third-order valence-electron chi connectivity index (χ3n) is 9.57. The van der Waals surface area contributed by atoms with Gasteiger partial charge in [0.25, 0.3) is 0 Å². The summed E-state index contributed by atoms with van der Waals surface area (Å²) in [5, 5.41) is 13.5. The van der Waals surface area contributed by atoms with E-state index in [-0.39, 0.29) is 0 Å². The number of nitrogens with zero attached hydrogens (tertiary/aromatic N) is 1. The number of aliphatic imine (C=N–C) groups is 1. The first-order valence-corrected chi connectivity index (χ1v) is 17.5. The molecule has 3 N–H and O–H groups in total. The lowest BCUT2D eigenvalue weighted by atomic mass is 9.94. The minimum Gasteiger partial charge on any atom is -0.312 e. The molecule has 0 aliphatic carbocycles. The predicted molar refractivity (Wildman–Crippen MR) is 211 cm³/mol. The van der Waals surface area contributed by atoms with E-state index >= 15 is 0 Å². The van der Waals surface area contributed by atoms with Gasteiger partial charge in [-0.15, -0.1) is 11.3 Å². The number of hydrogen-bond acceptors (Lipinski definition) is 4. The third kappa shape index (κ3) is 5.46. The fraction of sp³-hybridized carbons (Fsp3) is 0.0444. The molecule has 0 saturated heterocycles. The van der Waals surface area contributed by atoms with E-state index in [2.05, 4.69) is 151 Å². The van der Waals surface area contributed by atoms with Gasteiger partial charge in [0.2, 0.25) is 0 Å². The summed E-state index contributed by atoms with van der Waals surface area (Å²) in [5.41, 5.74) is 12.3. The number of benzene rings is 8. The van der Waals surface area contributed by atoms with Crippen LogP contribution in [0.4, 0.5) is 0 Å². The molecule has 2 atom stereocenters. The van der Waals surface area contributed by atoms with Crippen LogP contribution in [0.3, 0.4) is 0 Å². The van der Waals surface area contributed by atoms with Crippen LogP contribution < -0.4 is 11.1 Å². The Hall–Kier alpha value is -5.65. The Morgan fingerprint density at radius 1 is 0.490 bits per heavy atom. The van der Waals surface area contributed by atoms with Gasteiger partial charge in [-0.3, -0.25) is 10.3 Å². The van der Waals surface area contributed by atoms with Crippen LogP contribution in [0.15, 0.2) is 169 Å². The van der Waals surface area contributed by atoms with Crippen molar-refractivity contribution >= 4 is 70.0 Å². The molecule has 3 nitrogen and oxygen atoms in total. The molecule has 49 heavy (non-hydrogen) atoms. The van der Waals surface area contributed by atoms with Gasteiger partial charge in [-0.2, -0.15) is 0 Å². The molecule has 234 valence electrons. The number of nitrogens with one attached hydrogen (secondary N) is 1. The molecule has 0 amide bonds. The summed E-state index contributed by atoms with van der Waals surface area (Å²) in [7, 11) is 0. The van der Waals surface area contributed by atoms with Crippen molar-refractivity contribution in [2.75, 3.05) is 0 Å². The van der Waals surface area contributed by atoms with Gasteiger partial charge in [-0.25, -0.2) is 0 Å². The van der Waals surface area contributed by atoms with E-state index in [1.54, 1.807) is 0 Å². The molecule has 0 saturated carbocycles. The normalized spacial score (nSPS) is 13.2. The van der Waals surface area contributed by atoms with Gasteiger partial charge in [0.15, 0.2) is 0 Å². The zero-order valence-electron chi connectivity index (χ0n) is 26.8. The highest BCUT2D eigenvalue weighted by molar-refractivity contribution is 7.25.